The maximum atomic E-state index is 12.8. The number of nitrogens with zero attached hydrogens (tertiary/aromatic N) is 2. The third-order valence-corrected chi connectivity index (χ3v) is 6.23. The summed E-state index contributed by atoms with van der Waals surface area (Å²) in [6, 6.07) is 5.65. The van der Waals surface area contributed by atoms with Gasteiger partial charge in [-0.15, -0.1) is 13.2 Å². The van der Waals surface area contributed by atoms with Crippen LogP contribution in [0, 0.1) is 0 Å². The summed E-state index contributed by atoms with van der Waals surface area (Å²) in [4.78, 5) is 16.6. The Bertz CT molecular complexity index is 1290. The Kier molecular flexibility index (Phi) is 5.89. The Morgan fingerprint density at radius 3 is 2.53 bits per heavy atom. The Morgan fingerprint density at radius 1 is 1.20 bits per heavy atom. The van der Waals surface area contributed by atoms with Crippen LogP contribution in [0.3, 0.4) is 0 Å². The Hall–Kier alpha value is -2.50. The van der Waals surface area contributed by atoms with Crippen LogP contribution >= 0.6 is 23.2 Å². The zero-order chi connectivity index (χ0) is 22.3. The molecule has 0 aliphatic rings. The molecule has 30 heavy (non-hydrogen) atoms. The van der Waals surface area contributed by atoms with E-state index in [0.29, 0.717) is 0 Å². The van der Waals surface area contributed by atoms with Gasteiger partial charge in [-0.05, 0) is 24.3 Å². The minimum atomic E-state index is -4.99. The van der Waals surface area contributed by atoms with Gasteiger partial charge in [0.25, 0.3) is 5.56 Å². The largest absolute Gasteiger partial charge is 0.573 e. The van der Waals surface area contributed by atoms with Crippen LogP contribution in [0.4, 0.5) is 18.9 Å². The summed E-state index contributed by atoms with van der Waals surface area (Å²) < 4.78 is 66.8. The zero-order valence-corrected chi connectivity index (χ0v) is 17.3. The van der Waals surface area contributed by atoms with Crippen LogP contribution in [0.25, 0.3) is 10.9 Å². The first-order valence-electron chi connectivity index (χ1n) is 8.17. The molecule has 0 radical (unpaired) electrons. The average molecular weight is 482 g/mol. The van der Waals surface area contributed by atoms with Crippen molar-refractivity contribution < 1.29 is 26.3 Å². The van der Waals surface area contributed by atoms with Crippen molar-refractivity contribution in [2.24, 2.45) is 0 Å². The molecule has 1 N–H and O–H groups in total. The Labute approximate surface area is 177 Å². The minimum Gasteiger partial charge on any atom is -0.406 e. The highest BCUT2D eigenvalue weighted by molar-refractivity contribution is 7.91. The van der Waals surface area contributed by atoms with Gasteiger partial charge in [-0.25, -0.2) is 18.1 Å². The van der Waals surface area contributed by atoms with E-state index in [-0.39, 0.29) is 37.3 Å². The SMILES string of the molecule is CCS(=O)(=O)c1ccc(Cl)cc1Nn1cnc2c(Cl)cc(OC(F)(F)F)cc2c1=O. The lowest BCUT2D eigenvalue weighted by atomic mass is 10.2. The molecule has 7 nitrogen and oxygen atoms in total. The average Bonchev–Trinajstić information content (AvgIpc) is 2.63. The molecule has 0 saturated heterocycles. The fourth-order valence-electron chi connectivity index (χ4n) is 2.58. The molecule has 3 rings (SSSR count). The van der Waals surface area contributed by atoms with E-state index in [2.05, 4.69) is 15.1 Å². The van der Waals surface area contributed by atoms with Crippen molar-refractivity contribution in [3.8, 4) is 5.75 Å². The van der Waals surface area contributed by atoms with E-state index in [9.17, 15) is 26.4 Å². The zero-order valence-electron chi connectivity index (χ0n) is 15.0. The van der Waals surface area contributed by atoms with Crippen LogP contribution in [0.15, 0.2) is 46.3 Å². The molecule has 0 fully saturated rings. The first-order chi connectivity index (χ1) is 13.9. The van der Waals surface area contributed by atoms with Crippen LogP contribution < -0.4 is 15.7 Å². The van der Waals surface area contributed by atoms with Gasteiger partial charge in [0.1, 0.15) is 12.1 Å². The molecule has 160 valence electrons. The number of aromatic nitrogens is 2. The summed E-state index contributed by atoms with van der Waals surface area (Å²) in [5.41, 5.74) is 1.67. The highest BCUT2D eigenvalue weighted by Crippen LogP contribution is 2.30. The fourth-order valence-corrected chi connectivity index (χ4v) is 4.04. The topological polar surface area (TPSA) is 90.3 Å². The predicted molar refractivity (Wildman–Crippen MR) is 106 cm³/mol. The number of hydrogen-bond donors (Lipinski definition) is 1. The smallest absolute Gasteiger partial charge is 0.406 e. The quantitative estimate of drug-likeness (QED) is 0.585. The van der Waals surface area contributed by atoms with Gasteiger partial charge in [-0.2, -0.15) is 0 Å². The van der Waals surface area contributed by atoms with E-state index >= 15 is 0 Å². The van der Waals surface area contributed by atoms with Crippen molar-refractivity contribution in [3.63, 3.8) is 0 Å². The van der Waals surface area contributed by atoms with Crippen LogP contribution in [0.2, 0.25) is 10.0 Å². The van der Waals surface area contributed by atoms with Gasteiger partial charge in [-0.1, -0.05) is 30.1 Å². The van der Waals surface area contributed by atoms with Crippen molar-refractivity contribution in [1.29, 1.82) is 0 Å². The Morgan fingerprint density at radius 2 is 1.90 bits per heavy atom. The number of sulfone groups is 1. The van der Waals surface area contributed by atoms with E-state index < -0.39 is 27.5 Å². The molecule has 0 unspecified atom stereocenters. The van der Waals surface area contributed by atoms with Crippen molar-refractivity contribution in [1.82, 2.24) is 9.66 Å². The van der Waals surface area contributed by atoms with Gasteiger partial charge in [0, 0.05) is 11.1 Å². The van der Waals surface area contributed by atoms with Crippen molar-refractivity contribution in [2.75, 3.05) is 11.2 Å². The van der Waals surface area contributed by atoms with E-state index in [1.54, 1.807) is 0 Å². The number of hydrogen-bond acceptors (Lipinski definition) is 6. The second-order valence-electron chi connectivity index (χ2n) is 5.92. The van der Waals surface area contributed by atoms with E-state index in [0.717, 1.165) is 23.1 Å². The number of alkyl halides is 3. The maximum Gasteiger partial charge on any atom is 0.573 e. The minimum absolute atomic E-state index is 0.0126. The number of anilines is 1. The standard InChI is InChI=1S/C17H12Cl2F3N3O4S/c1-2-30(27,28)14-4-3-9(18)5-13(14)24-25-8-23-15-11(16(25)26)6-10(7-12(15)19)29-17(20,21)22/h3-8,24H,2H2,1H3. The summed E-state index contributed by atoms with van der Waals surface area (Å²) in [5, 5.41) is -0.315. The van der Waals surface area contributed by atoms with E-state index in [1.165, 1.54) is 25.1 Å². The number of ether oxygens (including phenoxy) is 1. The Balaban J connectivity index is 2.14. The summed E-state index contributed by atoms with van der Waals surface area (Å²) in [5.74, 6) is -0.907. The normalized spacial score (nSPS) is 12.2. The van der Waals surface area contributed by atoms with Gasteiger partial charge in [0.05, 0.1) is 32.3 Å². The number of benzene rings is 2. The third kappa shape index (κ3) is 4.63. The molecular formula is C17H12Cl2F3N3O4S. The number of nitrogens with one attached hydrogen (secondary N) is 1. The van der Waals surface area contributed by atoms with Gasteiger partial charge in [0.2, 0.25) is 0 Å². The molecule has 0 spiro atoms. The van der Waals surface area contributed by atoms with Crippen LogP contribution in [0.5, 0.6) is 5.75 Å². The van der Waals surface area contributed by atoms with Crippen molar-refractivity contribution in [2.45, 2.75) is 18.2 Å². The molecule has 0 aliphatic heterocycles. The molecule has 13 heteroatoms. The molecule has 1 heterocycles. The van der Waals surface area contributed by atoms with Crippen molar-refractivity contribution >= 4 is 49.6 Å². The fraction of sp³-hybridized carbons (Fsp3) is 0.176. The van der Waals surface area contributed by atoms with Crippen LogP contribution in [-0.4, -0.2) is 30.2 Å². The lowest BCUT2D eigenvalue weighted by Gasteiger charge is -2.15. The summed E-state index contributed by atoms with van der Waals surface area (Å²) in [6.45, 7) is 1.45. The maximum absolute atomic E-state index is 12.8. The predicted octanol–water partition coefficient (Wildman–Crippen LogP) is 4.27. The molecule has 0 bridgehead atoms. The molecular weight excluding hydrogens is 470 g/mol. The van der Waals surface area contributed by atoms with E-state index in [4.69, 9.17) is 23.2 Å². The van der Waals surface area contributed by atoms with Gasteiger partial charge < -0.3 is 4.74 Å². The molecule has 2 aromatic carbocycles. The highest BCUT2D eigenvalue weighted by Gasteiger charge is 2.31. The number of rotatable bonds is 5. The second kappa shape index (κ2) is 7.97. The van der Waals surface area contributed by atoms with Gasteiger partial charge in [-0.3, -0.25) is 10.2 Å². The molecule has 0 amide bonds. The number of halogens is 5. The van der Waals surface area contributed by atoms with E-state index in [1.807, 2.05) is 0 Å². The molecule has 0 saturated carbocycles. The first-order valence-corrected chi connectivity index (χ1v) is 10.6. The molecule has 1 aromatic heterocycles. The van der Waals surface area contributed by atoms with Crippen LogP contribution in [-0.2, 0) is 9.84 Å². The number of fused-ring (bicyclic) bond motifs is 1. The molecule has 3 aromatic rings. The summed E-state index contributed by atoms with van der Waals surface area (Å²) in [6.07, 6.45) is -3.97. The molecule has 0 aliphatic carbocycles. The highest BCUT2D eigenvalue weighted by atomic mass is 35.5. The second-order valence-corrected chi connectivity index (χ2v) is 9.01. The van der Waals surface area contributed by atoms with Gasteiger partial charge >= 0.3 is 6.36 Å². The molecule has 0 atom stereocenters. The van der Waals surface area contributed by atoms with Crippen LogP contribution in [0.1, 0.15) is 6.92 Å². The van der Waals surface area contributed by atoms with Crippen molar-refractivity contribution in [3.05, 3.63) is 57.1 Å². The summed E-state index contributed by atoms with van der Waals surface area (Å²) in [7, 11) is -3.68. The summed E-state index contributed by atoms with van der Waals surface area (Å²) >= 11 is 11.9. The lowest BCUT2D eigenvalue weighted by Crippen LogP contribution is -2.27. The van der Waals surface area contributed by atoms with Gasteiger partial charge in [0.15, 0.2) is 9.84 Å². The lowest BCUT2D eigenvalue weighted by molar-refractivity contribution is -0.274. The first kappa shape index (κ1) is 22.2. The monoisotopic (exact) mass is 481 g/mol. The third-order valence-electron chi connectivity index (χ3n) is 3.92.